The molecule has 124 valence electrons. The lowest BCUT2D eigenvalue weighted by Crippen LogP contribution is -2.15. The maximum Gasteiger partial charge on any atom is 0.258 e. The fourth-order valence-electron chi connectivity index (χ4n) is 2.35. The molecular formula is C16H13ClN2O3S2. The van der Waals surface area contributed by atoms with Crippen LogP contribution in [0.25, 0.3) is 10.2 Å². The Balaban J connectivity index is 1.98. The number of sulfone groups is 1. The summed E-state index contributed by atoms with van der Waals surface area (Å²) in [6, 6.07) is 9.66. The SMILES string of the molecule is Cc1cc(Cl)cc2sc(NC(=O)c3ccccc3S(C)(=O)=O)nc12. The molecule has 1 N–H and O–H groups in total. The van der Waals surface area contributed by atoms with Gasteiger partial charge in [0.2, 0.25) is 0 Å². The van der Waals surface area contributed by atoms with Crippen LogP contribution in [0.15, 0.2) is 41.3 Å². The first-order valence-electron chi connectivity index (χ1n) is 6.93. The number of hydrogen-bond donors (Lipinski definition) is 1. The van der Waals surface area contributed by atoms with E-state index < -0.39 is 15.7 Å². The second-order valence-electron chi connectivity index (χ2n) is 5.31. The van der Waals surface area contributed by atoms with E-state index in [4.69, 9.17) is 11.6 Å². The van der Waals surface area contributed by atoms with E-state index >= 15 is 0 Å². The maximum absolute atomic E-state index is 12.5. The number of fused-ring (bicyclic) bond motifs is 1. The molecular weight excluding hydrogens is 368 g/mol. The smallest absolute Gasteiger partial charge is 0.258 e. The molecule has 0 saturated heterocycles. The minimum absolute atomic E-state index is 0.0113. The van der Waals surface area contributed by atoms with Gasteiger partial charge in [-0.1, -0.05) is 35.1 Å². The number of carbonyl (C=O) groups excluding carboxylic acids is 1. The van der Waals surface area contributed by atoms with Gasteiger partial charge in [0.15, 0.2) is 15.0 Å². The highest BCUT2D eigenvalue weighted by atomic mass is 35.5. The summed E-state index contributed by atoms with van der Waals surface area (Å²) in [5.41, 5.74) is 1.76. The molecule has 0 fully saturated rings. The third-order valence-corrected chi connectivity index (χ3v) is 5.69. The van der Waals surface area contributed by atoms with Gasteiger partial charge in [-0.3, -0.25) is 10.1 Å². The predicted molar refractivity (Wildman–Crippen MR) is 96.9 cm³/mol. The average molecular weight is 381 g/mol. The number of nitrogens with zero attached hydrogens (tertiary/aromatic N) is 1. The first-order chi connectivity index (χ1) is 11.3. The molecule has 0 aliphatic rings. The maximum atomic E-state index is 12.5. The molecule has 0 radical (unpaired) electrons. The molecule has 2 aromatic carbocycles. The van der Waals surface area contributed by atoms with Crippen molar-refractivity contribution in [2.24, 2.45) is 0 Å². The zero-order valence-electron chi connectivity index (χ0n) is 12.8. The van der Waals surface area contributed by atoms with Gasteiger partial charge in [0, 0.05) is 11.3 Å². The van der Waals surface area contributed by atoms with Gasteiger partial charge in [0.05, 0.1) is 20.7 Å². The van der Waals surface area contributed by atoms with Gasteiger partial charge in [-0.25, -0.2) is 13.4 Å². The first kappa shape index (κ1) is 16.9. The number of benzene rings is 2. The molecule has 0 aliphatic carbocycles. The lowest BCUT2D eigenvalue weighted by Gasteiger charge is -2.06. The Kier molecular flexibility index (Phi) is 4.33. The molecule has 1 aromatic heterocycles. The minimum Gasteiger partial charge on any atom is -0.298 e. The standard InChI is InChI=1S/C16H13ClN2O3S2/c1-9-7-10(17)8-12-14(9)18-16(23-12)19-15(20)11-5-3-4-6-13(11)24(2,21)22/h3-8H,1-2H3,(H,18,19,20). The van der Waals surface area contributed by atoms with Gasteiger partial charge < -0.3 is 0 Å². The van der Waals surface area contributed by atoms with E-state index in [1.807, 2.05) is 6.92 Å². The zero-order chi connectivity index (χ0) is 17.5. The third kappa shape index (κ3) is 3.28. The van der Waals surface area contributed by atoms with E-state index in [1.165, 1.54) is 23.5 Å². The Labute approximate surface area is 148 Å². The summed E-state index contributed by atoms with van der Waals surface area (Å²) in [5, 5.41) is 3.66. The number of aromatic nitrogens is 1. The molecule has 0 bridgehead atoms. The largest absolute Gasteiger partial charge is 0.298 e. The van der Waals surface area contributed by atoms with Crippen LogP contribution in [0, 0.1) is 6.92 Å². The highest BCUT2D eigenvalue weighted by Gasteiger charge is 2.19. The fraction of sp³-hybridized carbons (Fsp3) is 0.125. The topological polar surface area (TPSA) is 76.1 Å². The molecule has 24 heavy (non-hydrogen) atoms. The number of carbonyl (C=O) groups is 1. The number of thiazole rings is 1. The Bertz CT molecular complexity index is 1060. The van der Waals surface area contributed by atoms with Crippen molar-refractivity contribution in [1.29, 1.82) is 0 Å². The van der Waals surface area contributed by atoms with Crippen molar-refractivity contribution < 1.29 is 13.2 Å². The predicted octanol–water partition coefficient (Wildman–Crippen LogP) is 3.91. The summed E-state index contributed by atoms with van der Waals surface area (Å²) in [6.45, 7) is 1.89. The molecule has 0 spiro atoms. The minimum atomic E-state index is -3.50. The Hall–Kier alpha value is -1.96. The van der Waals surface area contributed by atoms with E-state index in [9.17, 15) is 13.2 Å². The lowest BCUT2D eigenvalue weighted by molar-refractivity contribution is 0.102. The summed E-state index contributed by atoms with van der Waals surface area (Å²) >= 11 is 7.32. The van der Waals surface area contributed by atoms with Gasteiger partial charge in [0.25, 0.3) is 5.91 Å². The van der Waals surface area contributed by atoms with Crippen molar-refractivity contribution in [2.75, 3.05) is 11.6 Å². The van der Waals surface area contributed by atoms with Crippen LogP contribution in [0.4, 0.5) is 5.13 Å². The average Bonchev–Trinajstić information content (AvgIpc) is 2.89. The van der Waals surface area contributed by atoms with Crippen LogP contribution in [-0.2, 0) is 9.84 Å². The summed E-state index contributed by atoms with van der Waals surface area (Å²) in [7, 11) is -3.50. The number of nitrogens with one attached hydrogen (secondary N) is 1. The van der Waals surface area contributed by atoms with E-state index in [-0.39, 0.29) is 10.5 Å². The number of anilines is 1. The van der Waals surface area contributed by atoms with Crippen LogP contribution < -0.4 is 5.32 Å². The quantitative estimate of drug-likeness (QED) is 0.747. The molecule has 1 amide bonds. The molecule has 1 heterocycles. The van der Waals surface area contributed by atoms with E-state index in [1.54, 1.807) is 24.3 Å². The highest BCUT2D eigenvalue weighted by molar-refractivity contribution is 7.90. The van der Waals surface area contributed by atoms with Gasteiger partial charge >= 0.3 is 0 Å². The van der Waals surface area contributed by atoms with Crippen LogP contribution in [0.1, 0.15) is 15.9 Å². The van der Waals surface area contributed by atoms with Crippen LogP contribution in [0.5, 0.6) is 0 Å². The molecule has 3 aromatic rings. The molecule has 0 unspecified atom stereocenters. The lowest BCUT2D eigenvalue weighted by atomic mass is 10.2. The van der Waals surface area contributed by atoms with Gasteiger partial charge in [-0.05, 0) is 36.8 Å². The van der Waals surface area contributed by atoms with E-state index in [0.717, 1.165) is 22.0 Å². The van der Waals surface area contributed by atoms with Crippen LogP contribution >= 0.6 is 22.9 Å². The number of rotatable bonds is 3. The van der Waals surface area contributed by atoms with Crippen molar-refractivity contribution >= 4 is 54.0 Å². The second-order valence-corrected chi connectivity index (χ2v) is 8.76. The van der Waals surface area contributed by atoms with Crippen LogP contribution in [0.2, 0.25) is 5.02 Å². The first-order valence-corrected chi connectivity index (χ1v) is 10.0. The summed E-state index contributed by atoms with van der Waals surface area (Å²) < 4.78 is 24.5. The van der Waals surface area contributed by atoms with Gasteiger partial charge in [-0.2, -0.15) is 0 Å². The van der Waals surface area contributed by atoms with Crippen LogP contribution in [-0.4, -0.2) is 25.6 Å². The molecule has 0 saturated carbocycles. The molecule has 3 rings (SSSR count). The summed E-state index contributed by atoms with van der Waals surface area (Å²) in [4.78, 5) is 16.9. The van der Waals surface area contributed by atoms with Crippen molar-refractivity contribution in [3.05, 3.63) is 52.5 Å². The fourth-order valence-corrected chi connectivity index (χ4v) is 4.55. The molecule has 8 heteroatoms. The Morgan fingerprint density at radius 1 is 1.25 bits per heavy atom. The zero-order valence-corrected chi connectivity index (χ0v) is 15.2. The van der Waals surface area contributed by atoms with Gasteiger partial charge in [-0.15, -0.1) is 0 Å². The Morgan fingerprint density at radius 3 is 2.67 bits per heavy atom. The van der Waals surface area contributed by atoms with Crippen molar-refractivity contribution in [3.8, 4) is 0 Å². The third-order valence-electron chi connectivity index (χ3n) is 3.40. The number of halogens is 1. The van der Waals surface area contributed by atoms with Crippen molar-refractivity contribution in [3.63, 3.8) is 0 Å². The second kappa shape index (κ2) is 6.16. The number of amides is 1. The van der Waals surface area contributed by atoms with Crippen molar-refractivity contribution in [2.45, 2.75) is 11.8 Å². The summed E-state index contributed by atoms with van der Waals surface area (Å²) in [5.74, 6) is -0.515. The normalized spacial score (nSPS) is 11.6. The van der Waals surface area contributed by atoms with E-state index in [0.29, 0.717) is 10.2 Å². The van der Waals surface area contributed by atoms with Crippen LogP contribution in [0.3, 0.4) is 0 Å². The monoisotopic (exact) mass is 380 g/mol. The highest BCUT2D eigenvalue weighted by Crippen LogP contribution is 2.31. The molecule has 5 nitrogen and oxygen atoms in total. The van der Waals surface area contributed by atoms with Crippen molar-refractivity contribution in [1.82, 2.24) is 4.98 Å². The van der Waals surface area contributed by atoms with E-state index in [2.05, 4.69) is 10.3 Å². The number of hydrogen-bond acceptors (Lipinski definition) is 5. The van der Waals surface area contributed by atoms with Gasteiger partial charge in [0.1, 0.15) is 0 Å². The molecule has 0 atom stereocenters. The summed E-state index contributed by atoms with van der Waals surface area (Å²) in [6.07, 6.45) is 1.07. The molecule has 0 aliphatic heterocycles. The Morgan fingerprint density at radius 2 is 1.96 bits per heavy atom. The number of aryl methyl sites for hydroxylation is 1.